The summed E-state index contributed by atoms with van der Waals surface area (Å²) >= 11 is 0. The van der Waals surface area contributed by atoms with E-state index in [1.54, 1.807) is 43.3 Å². The van der Waals surface area contributed by atoms with E-state index in [9.17, 15) is 14.7 Å². The van der Waals surface area contributed by atoms with Crippen LogP contribution in [-0.2, 0) is 0 Å². The molecule has 102 valence electrons. The number of hydrogen-bond acceptors (Lipinski definition) is 2. The number of aryl methyl sites for hydroxylation is 2. The number of carbonyl (C=O) groups excluding carboxylic acids is 1. The molecule has 0 saturated carbocycles. The Morgan fingerprint density at radius 3 is 2.40 bits per heavy atom. The number of anilines is 1. The number of aromatic carboxylic acids is 1. The Labute approximate surface area is 117 Å². The van der Waals surface area contributed by atoms with Gasteiger partial charge in [-0.1, -0.05) is 29.8 Å². The molecular weight excluding hydrogens is 254 g/mol. The summed E-state index contributed by atoms with van der Waals surface area (Å²) in [5.74, 6) is -1.37. The molecule has 0 aromatic heterocycles. The largest absolute Gasteiger partial charge is 0.478 e. The van der Waals surface area contributed by atoms with Crippen LogP contribution in [0.2, 0.25) is 0 Å². The molecule has 2 rings (SSSR count). The lowest BCUT2D eigenvalue weighted by Crippen LogP contribution is -2.15. The second kappa shape index (κ2) is 5.57. The quantitative estimate of drug-likeness (QED) is 0.898. The van der Waals surface area contributed by atoms with Gasteiger partial charge in [-0.05, 0) is 37.6 Å². The third-order valence-corrected chi connectivity index (χ3v) is 3.02. The monoisotopic (exact) mass is 269 g/mol. The molecule has 0 saturated heterocycles. The Kier molecular flexibility index (Phi) is 3.84. The highest BCUT2D eigenvalue weighted by atomic mass is 16.4. The molecule has 0 unspecified atom stereocenters. The minimum Gasteiger partial charge on any atom is -0.478 e. The second-order valence-corrected chi connectivity index (χ2v) is 4.63. The molecule has 0 atom stereocenters. The van der Waals surface area contributed by atoms with Crippen molar-refractivity contribution in [3.8, 4) is 0 Å². The lowest BCUT2D eigenvalue weighted by Gasteiger charge is -2.10. The van der Waals surface area contributed by atoms with Gasteiger partial charge in [-0.15, -0.1) is 0 Å². The van der Waals surface area contributed by atoms with Gasteiger partial charge in [0.1, 0.15) is 0 Å². The summed E-state index contributed by atoms with van der Waals surface area (Å²) in [5.41, 5.74) is 2.51. The number of carboxylic acid groups (broad SMARTS) is 1. The fourth-order valence-corrected chi connectivity index (χ4v) is 2.04. The molecule has 2 aromatic carbocycles. The fraction of sp³-hybridized carbons (Fsp3) is 0.125. The fourth-order valence-electron chi connectivity index (χ4n) is 2.04. The third kappa shape index (κ3) is 2.85. The van der Waals surface area contributed by atoms with Crippen LogP contribution in [0.3, 0.4) is 0 Å². The number of carbonyl (C=O) groups is 2. The molecule has 0 spiro atoms. The van der Waals surface area contributed by atoms with Gasteiger partial charge in [0.15, 0.2) is 0 Å². The van der Waals surface area contributed by atoms with Crippen molar-refractivity contribution in [3.63, 3.8) is 0 Å². The number of rotatable bonds is 3. The Balaban J connectivity index is 2.33. The molecule has 4 heteroatoms. The highest BCUT2D eigenvalue weighted by Crippen LogP contribution is 2.20. The summed E-state index contributed by atoms with van der Waals surface area (Å²) in [5, 5.41) is 11.9. The maximum Gasteiger partial charge on any atom is 0.338 e. The van der Waals surface area contributed by atoms with E-state index in [1.807, 2.05) is 13.0 Å². The van der Waals surface area contributed by atoms with Crippen molar-refractivity contribution in [1.82, 2.24) is 0 Å². The van der Waals surface area contributed by atoms with E-state index in [-0.39, 0.29) is 11.5 Å². The van der Waals surface area contributed by atoms with Crippen molar-refractivity contribution in [3.05, 3.63) is 64.7 Å². The van der Waals surface area contributed by atoms with Crippen molar-refractivity contribution < 1.29 is 14.7 Å². The first-order valence-corrected chi connectivity index (χ1v) is 6.20. The Bertz CT molecular complexity index is 677. The van der Waals surface area contributed by atoms with Gasteiger partial charge in [-0.3, -0.25) is 4.79 Å². The lowest BCUT2D eigenvalue weighted by atomic mass is 10.1. The minimum absolute atomic E-state index is 0.119. The van der Waals surface area contributed by atoms with E-state index in [0.717, 1.165) is 5.56 Å². The normalized spacial score (nSPS) is 10.1. The van der Waals surface area contributed by atoms with Crippen LogP contribution >= 0.6 is 0 Å². The van der Waals surface area contributed by atoms with Crippen LogP contribution in [0.25, 0.3) is 0 Å². The van der Waals surface area contributed by atoms with E-state index < -0.39 is 5.97 Å². The van der Waals surface area contributed by atoms with Gasteiger partial charge in [0, 0.05) is 5.56 Å². The van der Waals surface area contributed by atoms with Crippen LogP contribution in [0.4, 0.5) is 5.69 Å². The zero-order valence-corrected chi connectivity index (χ0v) is 11.3. The molecule has 0 fully saturated rings. The molecule has 20 heavy (non-hydrogen) atoms. The Morgan fingerprint density at radius 1 is 1.05 bits per heavy atom. The zero-order chi connectivity index (χ0) is 14.7. The molecule has 1 amide bonds. The first-order chi connectivity index (χ1) is 9.49. The predicted molar refractivity (Wildman–Crippen MR) is 77.3 cm³/mol. The number of amides is 1. The lowest BCUT2D eigenvalue weighted by molar-refractivity contribution is 0.0697. The zero-order valence-electron chi connectivity index (χ0n) is 11.3. The molecule has 0 radical (unpaired) electrons. The summed E-state index contributed by atoms with van der Waals surface area (Å²) in [6.45, 7) is 3.60. The summed E-state index contributed by atoms with van der Waals surface area (Å²) in [6, 6.07) is 12.1. The van der Waals surface area contributed by atoms with Crippen LogP contribution in [0.5, 0.6) is 0 Å². The van der Waals surface area contributed by atoms with Crippen LogP contribution in [0.15, 0.2) is 42.5 Å². The molecule has 2 aromatic rings. The van der Waals surface area contributed by atoms with Gasteiger partial charge >= 0.3 is 5.97 Å². The average molecular weight is 269 g/mol. The van der Waals surface area contributed by atoms with Gasteiger partial charge in [0.2, 0.25) is 0 Å². The topological polar surface area (TPSA) is 66.4 Å². The standard InChI is InChI=1S/C16H15NO3/c1-10-5-3-7-12(9-10)15(18)17-13-8-4-6-11(2)14(13)16(19)20/h3-9H,1-2H3,(H,17,18)(H,19,20). The van der Waals surface area contributed by atoms with Crippen LogP contribution in [0.1, 0.15) is 31.8 Å². The maximum absolute atomic E-state index is 12.1. The number of nitrogens with one attached hydrogen (secondary N) is 1. The number of carboxylic acids is 1. The van der Waals surface area contributed by atoms with Crippen molar-refractivity contribution in [2.24, 2.45) is 0 Å². The van der Waals surface area contributed by atoms with Gasteiger partial charge in [-0.25, -0.2) is 4.79 Å². The summed E-state index contributed by atoms with van der Waals surface area (Å²) in [7, 11) is 0. The van der Waals surface area contributed by atoms with E-state index in [2.05, 4.69) is 5.32 Å². The van der Waals surface area contributed by atoms with E-state index in [4.69, 9.17) is 0 Å². The number of benzene rings is 2. The first kappa shape index (κ1) is 13.8. The minimum atomic E-state index is -1.05. The van der Waals surface area contributed by atoms with Crippen LogP contribution < -0.4 is 5.32 Å². The van der Waals surface area contributed by atoms with E-state index >= 15 is 0 Å². The molecular formula is C16H15NO3. The Hall–Kier alpha value is -2.62. The molecule has 4 nitrogen and oxygen atoms in total. The highest BCUT2D eigenvalue weighted by Gasteiger charge is 2.15. The molecule has 2 N–H and O–H groups in total. The van der Waals surface area contributed by atoms with Gasteiger partial charge in [-0.2, -0.15) is 0 Å². The maximum atomic E-state index is 12.1. The summed E-state index contributed by atoms with van der Waals surface area (Å²) < 4.78 is 0. The van der Waals surface area contributed by atoms with Crippen molar-refractivity contribution in [2.45, 2.75) is 13.8 Å². The molecule has 0 heterocycles. The van der Waals surface area contributed by atoms with Crippen molar-refractivity contribution >= 4 is 17.6 Å². The van der Waals surface area contributed by atoms with Gasteiger partial charge in [0.25, 0.3) is 5.91 Å². The van der Waals surface area contributed by atoms with Crippen molar-refractivity contribution in [1.29, 1.82) is 0 Å². The SMILES string of the molecule is Cc1cccc(C(=O)Nc2cccc(C)c2C(=O)O)c1. The predicted octanol–water partition coefficient (Wildman–Crippen LogP) is 3.25. The third-order valence-electron chi connectivity index (χ3n) is 3.02. The first-order valence-electron chi connectivity index (χ1n) is 6.20. The van der Waals surface area contributed by atoms with E-state index in [0.29, 0.717) is 16.8 Å². The summed E-state index contributed by atoms with van der Waals surface area (Å²) in [4.78, 5) is 23.4. The smallest absolute Gasteiger partial charge is 0.338 e. The molecule has 0 aliphatic rings. The molecule has 0 bridgehead atoms. The van der Waals surface area contributed by atoms with Crippen LogP contribution in [-0.4, -0.2) is 17.0 Å². The van der Waals surface area contributed by atoms with Gasteiger partial charge < -0.3 is 10.4 Å². The Morgan fingerprint density at radius 2 is 1.75 bits per heavy atom. The van der Waals surface area contributed by atoms with Gasteiger partial charge in [0.05, 0.1) is 11.3 Å². The van der Waals surface area contributed by atoms with Crippen molar-refractivity contribution in [2.75, 3.05) is 5.32 Å². The van der Waals surface area contributed by atoms with E-state index in [1.165, 1.54) is 0 Å². The summed E-state index contributed by atoms with van der Waals surface area (Å²) in [6.07, 6.45) is 0. The molecule has 0 aliphatic heterocycles. The average Bonchev–Trinajstić information content (AvgIpc) is 2.38. The number of hydrogen-bond donors (Lipinski definition) is 2. The second-order valence-electron chi connectivity index (χ2n) is 4.63. The highest BCUT2D eigenvalue weighted by molar-refractivity contribution is 6.08. The molecule has 0 aliphatic carbocycles. The van der Waals surface area contributed by atoms with Crippen LogP contribution in [0, 0.1) is 13.8 Å².